The van der Waals surface area contributed by atoms with E-state index in [4.69, 9.17) is 26.3 Å². The Bertz CT molecular complexity index is 901. The van der Waals surface area contributed by atoms with Gasteiger partial charge in [0, 0.05) is 0 Å². The van der Waals surface area contributed by atoms with E-state index in [9.17, 15) is 13.2 Å². The number of nitrogens with zero attached hydrogens (tertiary/aromatic N) is 1. The lowest BCUT2D eigenvalue weighted by Crippen LogP contribution is -2.24. The molecule has 3 N–H and O–H groups in total. The number of amides is 2. The van der Waals surface area contributed by atoms with Crippen LogP contribution in [0.3, 0.4) is 0 Å². The van der Waals surface area contributed by atoms with Gasteiger partial charge < -0.3 is 14.7 Å². The summed E-state index contributed by atoms with van der Waals surface area (Å²) in [5, 5.41) is 3.57. The van der Waals surface area contributed by atoms with Crippen LogP contribution in [0.5, 0.6) is 11.5 Å². The molecule has 0 radical (unpaired) electrons. The molecule has 2 amide bonds. The minimum absolute atomic E-state index is 0.0145. The van der Waals surface area contributed by atoms with Crippen LogP contribution in [0.2, 0.25) is 5.02 Å². The predicted octanol–water partition coefficient (Wildman–Crippen LogP) is 2.12. The molecule has 2 aromatic rings. The quantitative estimate of drug-likeness (QED) is 0.449. The van der Waals surface area contributed by atoms with Gasteiger partial charge in [-0.3, -0.25) is 0 Å². The first-order valence-electron chi connectivity index (χ1n) is 6.79. The lowest BCUT2D eigenvalue weighted by atomic mass is 10.2. The molecule has 0 saturated carbocycles. The molecule has 0 aliphatic heterocycles. The number of halogens is 1. The van der Waals surface area contributed by atoms with Crippen molar-refractivity contribution in [2.45, 2.75) is 4.90 Å². The highest BCUT2D eigenvalue weighted by Crippen LogP contribution is 2.37. The Morgan fingerprint density at radius 2 is 1.96 bits per heavy atom. The number of ether oxygens (including phenoxy) is 1. The number of carbonyl (C=O) groups excluding carboxylic acids is 1. The Kier molecular flexibility index (Phi) is 5.84. The van der Waals surface area contributed by atoms with Gasteiger partial charge in [-0.15, -0.1) is 0 Å². The first-order chi connectivity index (χ1) is 11.8. The molecule has 2 aromatic carbocycles. The van der Waals surface area contributed by atoms with Crippen LogP contribution >= 0.6 is 11.6 Å². The largest absolute Gasteiger partial charge is 0.493 e. The van der Waals surface area contributed by atoms with Crippen molar-refractivity contribution in [2.75, 3.05) is 7.11 Å². The standard InChI is InChI=1S/C15H14ClN3O5S/c1-23-13-8-10(9-18-19-15(17)20)7-12(16)14(13)24-25(21,22)11-5-3-2-4-6-11/h2-9H,1H3,(H3,17,19,20). The van der Waals surface area contributed by atoms with Crippen molar-refractivity contribution in [3.05, 3.63) is 53.1 Å². The molecule has 25 heavy (non-hydrogen) atoms. The molecule has 0 atom stereocenters. The molecule has 0 aliphatic carbocycles. The van der Waals surface area contributed by atoms with Gasteiger partial charge in [0.15, 0.2) is 5.75 Å². The molecular weight excluding hydrogens is 370 g/mol. The van der Waals surface area contributed by atoms with E-state index in [0.717, 1.165) is 0 Å². The van der Waals surface area contributed by atoms with Crippen molar-refractivity contribution < 1.29 is 22.1 Å². The van der Waals surface area contributed by atoms with Gasteiger partial charge in [0.25, 0.3) is 0 Å². The van der Waals surface area contributed by atoms with Crippen molar-refractivity contribution in [1.29, 1.82) is 0 Å². The Morgan fingerprint density at radius 3 is 2.56 bits per heavy atom. The van der Waals surface area contributed by atoms with Gasteiger partial charge in [0.05, 0.1) is 18.3 Å². The van der Waals surface area contributed by atoms with Crippen molar-refractivity contribution in [3.63, 3.8) is 0 Å². The number of nitrogens with one attached hydrogen (secondary N) is 1. The summed E-state index contributed by atoms with van der Waals surface area (Å²) in [6, 6.07) is 9.61. The van der Waals surface area contributed by atoms with Crippen LogP contribution in [0.1, 0.15) is 5.56 Å². The summed E-state index contributed by atoms with van der Waals surface area (Å²) in [5.41, 5.74) is 7.34. The van der Waals surface area contributed by atoms with E-state index in [1.165, 1.54) is 37.6 Å². The summed E-state index contributed by atoms with van der Waals surface area (Å²) in [6.07, 6.45) is 1.26. The Labute approximate surface area is 149 Å². The molecule has 10 heteroatoms. The first-order valence-corrected chi connectivity index (χ1v) is 8.57. The number of nitrogens with two attached hydrogens (primary N) is 1. The molecule has 0 aromatic heterocycles. The fourth-order valence-electron chi connectivity index (χ4n) is 1.81. The van der Waals surface area contributed by atoms with Gasteiger partial charge in [-0.05, 0) is 29.8 Å². The van der Waals surface area contributed by atoms with Crippen LogP contribution in [0.4, 0.5) is 4.79 Å². The van der Waals surface area contributed by atoms with Gasteiger partial charge in [-0.25, -0.2) is 10.2 Å². The molecule has 0 aliphatic rings. The maximum atomic E-state index is 12.3. The minimum atomic E-state index is -4.08. The smallest absolute Gasteiger partial charge is 0.339 e. The molecule has 0 unspecified atom stereocenters. The molecule has 0 bridgehead atoms. The second kappa shape index (κ2) is 7.86. The van der Waals surface area contributed by atoms with E-state index >= 15 is 0 Å². The van der Waals surface area contributed by atoms with Crippen LogP contribution in [0.15, 0.2) is 52.5 Å². The predicted molar refractivity (Wildman–Crippen MR) is 92.6 cm³/mol. The average Bonchev–Trinajstić information content (AvgIpc) is 2.57. The monoisotopic (exact) mass is 383 g/mol. The van der Waals surface area contributed by atoms with Crippen molar-refractivity contribution in [2.24, 2.45) is 10.8 Å². The zero-order chi connectivity index (χ0) is 18.4. The lowest BCUT2D eigenvalue weighted by molar-refractivity contribution is 0.249. The summed E-state index contributed by atoms with van der Waals surface area (Å²) in [7, 11) is -2.75. The minimum Gasteiger partial charge on any atom is -0.493 e. The highest BCUT2D eigenvalue weighted by molar-refractivity contribution is 7.87. The third kappa shape index (κ3) is 4.85. The lowest BCUT2D eigenvalue weighted by Gasteiger charge is -2.13. The van der Waals surface area contributed by atoms with Crippen LogP contribution < -0.4 is 20.1 Å². The maximum Gasteiger partial charge on any atom is 0.339 e. The maximum absolute atomic E-state index is 12.3. The Hall–Kier alpha value is -2.78. The number of urea groups is 1. The fourth-order valence-corrected chi connectivity index (χ4v) is 3.09. The van der Waals surface area contributed by atoms with Gasteiger partial charge in [0.1, 0.15) is 4.90 Å². The number of methoxy groups -OCH3 is 1. The first kappa shape index (κ1) is 18.6. The second-order valence-corrected chi connectivity index (χ2v) is 6.57. The summed E-state index contributed by atoms with van der Waals surface area (Å²) < 4.78 is 34.9. The van der Waals surface area contributed by atoms with Gasteiger partial charge >= 0.3 is 16.1 Å². The number of hydrogen-bond donors (Lipinski definition) is 2. The van der Waals surface area contributed by atoms with Gasteiger partial charge in [-0.2, -0.15) is 13.5 Å². The topological polar surface area (TPSA) is 120 Å². The second-order valence-electron chi connectivity index (χ2n) is 4.62. The number of benzene rings is 2. The molecule has 0 spiro atoms. The van der Waals surface area contributed by atoms with E-state index in [1.807, 2.05) is 5.43 Å². The zero-order valence-corrected chi connectivity index (χ0v) is 14.5. The van der Waals surface area contributed by atoms with Crippen molar-refractivity contribution in [1.82, 2.24) is 5.43 Å². The SMILES string of the molecule is COc1cc(C=NNC(N)=O)cc(Cl)c1OS(=O)(=O)c1ccccc1. The number of rotatable bonds is 6. The van der Waals surface area contributed by atoms with Crippen LogP contribution in [-0.2, 0) is 10.1 Å². The van der Waals surface area contributed by atoms with E-state index in [0.29, 0.717) is 5.56 Å². The van der Waals surface area contributed by atoms with E-state index < -0.39 is 16.1 Å². The van der Waals surface area contributed by atoms with Gasteiger partial charge in [0.2, 0.25) is 5.75 Å². The van der Waals surface area contributed by atoms with Crippen molar-refractivity contribution >= 4 is 34.0 Å². The molecule has 0 fully saturated rings. The molecular formula is C15H14ClN3O5S. The van der Waals surface area contributed by atoms with Gasteiger partial charge in [-0.1, -0.05) is 29.8 Å². The summed E-state index contributed by atoms with van der Waals surface area (Å²) in [5.74, 6) is -0.0828. The number of hydrazone groups is 1. The van der Waals surface area contributed by atoms with Crippen molar-refractivity contribution in [3.8, 4) is 11.5 Å². The third-order valence-corrected chi connectivity index (χ3v) is 4.38. The number of hydrogen-bond acceptors (Lipinski definition) is 6. The molecule has 2 rings (SSSR count). The highest BCUT2D eigenvalue weighted by atomic mass is 35.5. The average molecular weight is 384 g/mol. The highest BCUT2D eigenvalue weighted by Gasteiger charge is 2.21. The van der Waals surface area contributed by atoms with E-state index in [2.05, 4.69) is 5.10 Å². The molecule has 0 saturated heterocycles. The Morgan fingerprint density at radius 1 is 1.28 bits per heavy atom. The van der Waals surface area contributed by atoms with Crippen LogP contribution in [0.25, 0.3) is 0 Å². The summed E-state index contributed by atoms with van der Waals surface area (Å²) in [6.45, 7) is 0. The normalized spacial score (nSPS) is 11.3. The summed E-state index contributed by atoms with van der Waals surface area (Å²) in [4.78, 5) is 10.6. The fraction of sp³-hybridized carbons (Fsp3) is 0.0667. The number of primary amides is 1. The number of carbonyl (C=O) groups is 1. The molecule has 132 valence electrons. The summed E-state index contributed by atoms with van der Waals surface area (Å²) >= 11 is 6.11. The zero-order valence-electron chi connectivity index (χ0n) is 13.0. The van der Waals surface area contributed by atoms with E-state index in [1.54, 1.807) is 18.2 Å². The molecule has 8 nitrogen and oxygen atoms in total. The third-order valence-electron chi connectivity index (χ3n) is 2.87. The van der Waals surface area contributed by atoms with Crippen LogP contribution in [0, 0.1) is 0 Å². The molecule has 0 heterocycles. The van der Waals surface area contributed by atoms with Crippen LogP contribution in [-0.4, -0.2) is 27.8 Å². The Balaban J connectivity index is 2.35. The van der Waals surface area contributed by atoms with E-state index in [-0.39, 0.29) is 21.4 Å².